The Balaban J connectivity index is 1.55. The summed E-state index contributed by atoms with van der Waals surface area (Å²) in [7, 11) is 1.63. The van der Waals surface area contributed by atoms with E-state index in [1.165, 1.54) is 0 Å². The molecule has 0 fully saturated rings. The maximum absolute atomic E-state index is 13.3. The van der Waals surface area contributed by atoms with Gasteiger partial charge in [-0.2, -0.15) is 0 Å². The lowest BCUT2D eigenvalue weighted by molar-refractivity contribution is 0.0995. The fraction of sp³-hybridized carbons (Fsp3) is 0.276. The number of Topliss-reactive ketones (excluding diaryl/α,β-unsaturated/α-hetero) is 1. The molecular formula is C29H30N2O4. The molecule has 0 aliphatic carbocycles. The summed E-state index contributed by atoms with van der Waals surface area (Å²) in [5.74, 6) is 0.895. The number of rotatable bonds is 8. The molecule has 0 bridgehead atoms. The Bertz CT molecular complexity index is 1290. The second-order valence-electron chi connectivity index (χ2n) is 9.13. The Morgan fingerprint density at radius 2 is 1.83 bits per heavy atom. The molecule has 0 unspecified atom stereocenters. The Morgan fingerprint density at radius 3 is 2.60 bits per heavy atom. The number of methoxy groups -OCH3 is 1. The lowest BCUT2D eigenvalue weighted by Crippen LogP contribution is -2.30. The summed E-state index contributed by atoms with van der Waals surface area (Å²) in [4.78, 5) is 31.1. The third-order valence-corrected chi connectivity index (χ3v) is 5.89. The van der Waals surface area contributed by atoms with Crippen LogP contribution in [0, 0.1) is 0 Å². The first-order valence-corrected chi connectivity index (χ1v) is 11.7. The van der Waals surface area contributed by atoms with Crippen molar-refractivity contribution in [1.29, 1.82) is 0 Å². The molecule has 0 radical (unpaired) electrons. The van der Waals surface area contributed by atoms with Gasteiger partial charge in [-0.3, -0.25) is 14.6 Å². The third kappa shape index (κ3) is 5.60. The molecule has 0 spiro atoms. The van der Waals surface area contributed by atoms with Gasteiger partial charge in [0.2, 0.25) is 0 Å². The number of ketones is 1. The standard InChI is InChI=1S/C29H30N2O4/c1-5-35-27-12-7-6-11-23(27)28(33)30-21-10-8-9-19(15-21)26(32)17-25-24-16-22(34-4)14-13-20(24)18-29(2,3)31-25/h6-16H,5,17-18H2,1-4H3,(H,30,33). The number of para-hydroxylation sites is 1. The first-order chi connectivity index (χ1) is 16.8. The van der Waals surface area contributed by atoms with Crippen LogP contribution in [0.4, 0.5) is 5.69 Å². The molecule has 35 heavy (non-hydrogen) atoms. The molecule has 6 heteroatoms. The van der Waals surface area contributed by atoms with Crippen molar-refractivity contribution < 1.29 is 19.1 Å². The van der Waals surface area contributed by atoms with E-state index in [4.69, 9.17) is 14.5 Å². The number of nitrogens with zero attached hydrogens (tertiary/aromatic N) is 1. The van der Waals surface area contributed by atoms with Crippen LogP contribution in [-0.4, -0.2) is 36.7 Å². The minimum absolute atomic E-state index is 0.0685. The topological polar surface area (TPSA) is 77.0 Å². The molecular weight excluding hydrogens is 440 g/mol. The van der Waals surface area contributed by atoms with Gasteiger partial charge in [0.05, 0.1) is 37.0 Å². The molecule has 1 aliphatic rings. The maximum atomic E-state index is 13.3. The predicted octanol–water partition coefficient (Wildman–Crippen LogP) is 5.74. The minimum atomic E-state index is -0.293. The van der Waals surface area contributed by atoms with Crippen LogP contribution in [0.2, 0.25) is 0 Å². The van der Waals surface area contributed by atoms with Crippen molar-refractivity contribution >= 4 is 23.1 Å². The van der Waals surface area contributed by atoms with E-state index in [9.17, 15) is 9.59 Å². The van der Waals surface area contributed by atoms with Crippen molar-refractivity contribution in [3.8, 4) is 11.5 Å². The number of hydrogen-bond donors (Lipinski definition) is 1. The molecule has 0 aromatic heterocycles. The average Bonchev–Trinajstić information content (AvgIpc) is 2.84. The fourth-order valence-electron chi connectivity index (χ4n) is 4.33. The van der Waals surface area contributed by atoms with E-state index < -0.39 is 0 Å². The average molecular weight is 471 g/mol. The minimum Gasteiger partial charge on any atom is -0.497 e. The van der Waals surface area contributed by atoms with E-state index in [0.717, 1.165) is 29.0 Å². The lowest BCUT2D eigenvalue weighted by atomic mass is 9.85. The quantitative estimate of drug-likeness (QED) is 0.426. The number of hydrogen-bond acceptors (Lipinski definition) is 5. The van der Waals surface area contributed by atoms with Crippen molar-refractivity contribution in [2.45, 2.75) is 39.2 Å². The number of anilines is 1. The van der Waals surface area contributed by atoms with E-state index in [2.05, 4.69) is 19.2 Å². The van der Waals surface area contributed by atoms with Crippen LogP contribution < -0.4 is 14.8 Å². The monoisotopic (exact) mass is 470 g/mol. The highest BCUT2D eigenvalue weighted by Crippen LogP contribution is 2.31. The van der Waals surface area contributed by atoms with Gasteiger partial charge in [-0.25, -0.2) is 0 Å². The molecule has 3 aromatic rings. The van der Waals surface area contributed by atoms with Crippen molar-refractivity contribution in [2.24, 2.45) is 4.99 Å². The second-order valence-corrected chi connectivity index (χ2v) is 9.13. The van der Waals surface area contributed by atoms with Crippen LogP contribution in [-0.2, 0) is 6.42 Å². The summed E-state index contributed by atoms with van der Waals surface area (Å²) < 4.78 is 11.0. The SMILES string of the molecule is CCOc1ccccc1C(=O)Nc1cccc(C(=O)CC2=NC(C)(C)Cc3ccc(OC)cc32)c1. The van der Waals surface area contributed by atoms with Crippen LogP contribution in [0.15, 0.2) is 71.7 Å². The number of amides is 1. The predicted molar refractivity (Wildman–Crippen MR) is 138 cm³/mol. The van der Waals surface area contributed by atoms with Crippen LogP contribution >= 0.6 is 0 Å². The Kier molecular flexibility index (Phi) is 7.01. The first kappa shape index (κ1) is 24.2. The summed E-state index contributed by atoms with van der Waals surface area (Å²) in [6.07, 6.45) is 0.961. The largest absolute Gasteiger partial charge is 0.497 e. The highest BCUT2D eigenvalue weighted by molar-refractivity contribution is 6.17. The smallest absolute Gasteiger partial charge is 0.259 e. The third-order valence-electron chi connectivity index (χ3n) is 5.89. The first-order valence-electron chi connectivity index (χ1n) is 11.7. The summed E-state index contributed by atoms with van der Waals surface area (Å²) >= 11 is 0. The second kappa shape index (κ2) is 10.1. The van der Waals surface area contributed by atoms with Crippen LogP contribution in [0.3, 0.4) is 0 Å². The highest BCUT2D eigenvalue weighted by atomic mass is 16.5. The van der Waals surface area contributed by atoms with Crippen LogP contribution in [0.25, 0.3) is 0 Å². The van der Waals surface area contributed by atoms with E-state index in [-0.39, 0.29) is 23.7 Å². The number of carbonyl (C=O) groups is 2. The van der Waals surface area contributed by atoms with Gasteiger partial charge in [-0.15, -0.1) is 0 Å². The van der Waals surface area contributed by atoms with Crippen molar-refractivity contribution in [2.75, 3.05) is 19.0 Å². The molecule has 0 atom stereocenters. The Morgan fingerprint density at radius 1 is 1.03 bits per heavy atom. The Labute approximate surface area is 206 Å². The number of aliphatic imine (C=N–C) groups is 1. The normalized spacial score (nSPS) is 13.9. The van der Waals surface area contributed by atoms with E-state index in [0.29, 0.717) is 29.2 Å². The molecule has 1 aliphatic heterocycles. The van der Waals surface area contributed by atoms with Crippen molar-refractivity contribution in [3.05, 3.63) is 89.0 Å². The molecule has 0 saturated heterocycles. The lowest BCUT2D eigenvalue weighted by Gasteiger charge is -2.29. The Hall–Kier alpha value is -3.93. The van der Waals surface area contributed by atoms with Gasteiger partial charge in [0.15, 0.2) is 5.78 Å². The highest BCUT2D eigenvalue weighted by Gasteiger charge is 2.28. The number of ether oxygens (including phenoxy) is 2. The zero-order valence-corrected chi connectivity index (χ0v) is 20.6. The van der Waals surface area contributed by atoms with Crippen LogP contribution in [0.1, 0.15) is 59.0 Å². The molecule has 180 valence electrons. The molecule has 3 aromatic carbocycles. The molecule has 1 N–H and O–H groups in total. The van der Waals surface area contributed by atoms with Gasteiger partial charge < -0.3 is 14.8 Å². The van der Waals surface area contributed by atoms with Gasteiger partial charge in [-0.05, 0) is 69.2 Å². The van der Waals surface area contributed by atoms with Crippen LogP contribution in [0.5, 0.6) is 11.5 Å². The number of fused-ring (bicyclic) bond motifs is 1. The molecule has 0 saturated carbocycles. The number of benzene rings is 3. The van der Waals surface area contributed by atoms with Crippen molar-refractivity contribution in [1.82, 2.24) is 0 Å². The summed E-state index contributed by atoms with van der Waals surface area (Å²) in [5, 5.41) is 2.88. The van der Waals surface area contributed by atoms with E-state index >= 15 is 0 Å². The van der Waals surface area contributed by atoms with Gasteiger partial charge >= 0.3 is 0 Å². The molecule has 4 rings (SSSR count). The number of nitrogens with one attached hydrogen (secondary N) is 1. The fourth-order valence-corrected chi connectivity index (χ4v) is 4.33. The van der Waals surface area contributed by atoms with Gasteiger partial charge in [0.1, 0.15) is 11.5 Å². The van der Waals surface area contributed by atoms with E-state index in [1.807, 2.05) is 31.2 Å². The zero-order valence-electron chi connectivity index (χ0n) is 20.6. The number of carbonyl (C=O) groups excluding carboxylic acids is 2. The summed E-state index contributed by atoms with van der Waals surface area (Å²) in [5.41, 5.74) is 4.06. The maximum Gasteiger partial charge on any atom is 0.259 e. The van der Waals surface area contributed by atoms with E-state index in [1.54, 1.807) is 49.6 Å². The van der Waals surface area contributed by atoms with Gasteiger partial charge in [0.25, 0.3) is 5.91 Å². The molecule has 1 heterocycles. The summed E-state index contributed by atoms with van der Waals surface area (Å²) in [6.45, 7) is 6.47. The zero-order chi connectivity index (χ0) is 25.0. The van der Waals surface area contributed by atoms with Gasteiger partial charge in [0, 0.05) is 16.8 Å². The summed E-state index contributed by atoms with van der Waals surface area (Å²) in [6, 6.07) is 20.0. The van der Waals surface area contributed by atoms with Gasteiger partial charge in [-0.1, -0.05) is 30.3 Å². The van der Waals surface area contributed by atoms with Crippen molar-refractivity contribution in [3.63, 3.8) is 0 Å². The molecule has 1 amide bonds. The molecule has 6 nitrogen and oxygen atoms in total.